The second kappa shape index (κ2) is 10.8. The summed E-state index contributed by atoms with van der Waals surface area (Å²) in [6.07, 6.45) is 7.26. The number of rotatable bonds is 10. The Kier molecular flexibility index (Phi) is 8.13. The van der Waals surface area contributed by atoms with Gasteiger partial charge in [0.15, 0.2) is 5.78 Å². The van der Waals surface area contributed by atoms with E-state index in [1.807, 2.05) is 28.9 Å². The highest BCUT2D eigenvalue weighted by molar-refractivity contribution is 5.86. The lowest BCUT2D eigenvalue weighted by Gasteiger charge is -2.23. The first kappa shape index (κ1) is 23.3. The average molecular weight is 428 g/mol. The van der Waals surface area contributed by atoms with Crippen molar-refractivity contribution in [2.45, 2.75) is 71.4 Å². The summed E-state index contributed by atoms with van der Waals surface area (Å²) in [5.74, 6) is 2.49. The van der Waals surface area contributed by atoms with E-state index in [0.29, 0.717) is 11.8 Å². The van der Waals surface area contributed by atoms with Gasteiger partial charge < -0.3 is 15.2 Å². The minimum Gasteiger partial charge on any atom is -0.496 e. The van der Waals surface area contributed by atoms with E-state index in [2.05, 4.69) is 13.8 Å². The van der Waals surface area contributed by atoms with E-state index < -0.39 is 6.04 Å². The van der Waals surface area contributed by atoms with Crippen LogP contribution in [0.4, 0.5) is 0 Å². The van der Waals surface area contributed by atoms with Crippen molar-refractivity contribution in [2.24, 2.45) is 17.6 Å². The van der Waals surface area contributed by atoms with Gasteiger partial charge in [0.25, 0.3) is 0 Å². The van der Waals surface area contributed by atoms with Crippen molar-refractivity contribution in [3.05, 3.63) is 30.0 Å². The maximum absolute atomic E-state index is 12.9. The Morgan fingerprint density at radius 1 is 1.16 bits per heavy atom. The summed E-state index contributed by atoms with van der Waals surface area (Å²) in [5, 5.41) is 4.78. The van der Waals surface area contributed by atoms with E-state index in [-0.39, 0.29) is 12.2 Å². The predicted octanol–water partition coefficient (Wildman–Crippen LogP) is 4.63. The van der Waals surface area contributed by atoms with Crippen LogP contribution in [-0.4, -0.2) is 35.8 Å². The van der Waals surface area contributed by atoms with Gasteiger partial charge in [0, 0.05) is 6.54 Å². The third kappa shape index (κ3) is 5.88. The Morgan fingerprint density at radius 2 is 1.81 bits per heavy atom. The fourth-order valence-electron chi connectivity index (χ4n) is 4.57. The van der Waals surface area contributed by atoms with Crippen LogP contribution in [0, 0.1) is 11.8 Å². The first-order chi connectivity index (χ1) is 14.9. The molecule has 0 saturated heterocycles. The lowest BCUT2D eigenvalue weighted by atomic mass is 9.84. The number of carbonyl (C=O) groups is 1. The molecule has 1 atom stereocenters. The zero-order chi connectivity index (χ0) is 22.4. The third-order valence-electron chi connectivity index (χ3n) is 6.13. The number of hydrogen-bond donors (Lipinski definition) is 1. The molecule has 0 radical (unpaired) electrons. The second-order valence-electron chi connectivity index (χ2n) is 9.12. The molecule has 3 rings (SSSR count). The third-order valence-corrected chi connectivity index (χ3v) is 6.13. The molecular formula is C25H37N3O3. The summed E-state index contributed by atoms with van der Waals surface area (Å²) in [6, 6.07) is 7.29. The summed E-state index contributed by atoms with van der Waals surface area (Å²) < 4.78 is 13.2. The number of ether oxygens (including phenoxy) is 2. The Bertz CT molecular complexity index is 847. The molecule has 170 valence electrons. The van der Waals surface area contributed by atoms with Crippen LogP contribution in [-0.2, 0) is 17.8 Å². The number of hydrogen-bond acceptors (Lipinski definition) is 5. The average Bonchev–Trinajstić information content (AvgIpc) is 3.14. The summed E-state index contributed by atoms with van der Waals surface area (Å²) in [7, 11) is 3.30. The van der Waals surface area contributed by atoms with Crippen molar-refractivity contribution in [2.75, 3.05) is 14.2 Å². The first-order valence-electron chi connectivity index (χ1n) is 11.5. The van der Waals surface area contributed by atoms with Gasteiger partial charge in [-0.25, -0.2) is 0 Å². The smallest absolute Gasteiger partial charge is 0.155 e. The van der Waals surface area contributed by atoms with Crippen molar-refractivity contribution in [3.63, 3.8) is 0 Å². The van der Waals surface area contributed by atoms with Gasteiger partial charge >= 0.3 is 0 Å². The van der Waals surface area contributed by atoms with Gasteiger partial charge in [0.05, 0.1) is 43.6 Å². The summed E-state index contributed by atoms with van der Waals surface area (Å²) in [4.78, 5) is 12.9. The SMILES string of the molecule is COc1cccc(OC)c1-c1cc(CC(=O)[C@@H](N)CC2CCCCC2)nn1CC(C)C. The molecule has 1 fully saturated rings. The molecule has 31 heavy (non-hydrogen) atoms. The van der Waals surface area contributed by atoms with Crippen molar-refractivity contribution in [3.8, 4) is 22.8 Å². The number of nitrogens with two attached hydrogens (primary N) is 1. The van der Waals surface area contributed by atoms with Gasteiger partial charge in [-0.1, -0.05) is 52.0 Å². The van der Waals surface area contributed by atoms with Crippen LogP contribution in [0.3, 0.4) is 0 Å². The molecule has 1 saturated carbocycles. The summed E-state index contributed by atoms with van der Waals surface area (Å²) >= 11 is 0. The van der Waals surface area contributed by atoms with E-state index in [1.165, 1.54) is 32.1 Å². The van der Waals surface area contributed by atoms with Crippen molar-refractivity contribution < 1.29 is 14.3 Å². The Labute approximate surface area is 186 Å². The minimum atomic E-state index is -0.414. The maximum atomic E-state index is 12.9. The van der Waals surface area contributed by atoms with Crippen molar-refractivity contribution >= 4 is 5.78 Å². The van der Waals surface area contributed by atoms with Crippen molar-refractivity contribution in [1.82, 2.24) is 9.78 Å². The molecular weight excluding hydrogens is 390 g/mol. The molecule has 0 aliphatic heterocycles. The largest absolute Gasteiger partial charge is 0.496 e. The van der Waals surface area contributed by atoms with Crippen LogP contribution < -0.4 is 15.2 Å². The molecule has 0 spiro atoms. The number of methoxy groups -OCH3 is 2. The van der Waals surface area contributed by atoms with Crippen LogP contribution in [0.25, 0.3) is 11.3 Å². The topological polar surface area (TPSA) is 79.4 Å². The molecule has 2 N–H and O–H groups in total. The Morgan fingerprint density at radius 3 is 2.39 bits per heavy atom. The molecule has 6 heteroatoms. The first-order valence-corrected chi connectivity index (χ1v) is 11.5. The number of carbonyl (C=O) groups excluding carboxylic acids is 1. The van der Waals surface area contributed by atoms with Gasteiger partial charge in [-0.05, 0) is 36.5 Å². The van der Waals surface area contributed by atoms with Crippen LogP contribution in [0.1, 0.15) is 58.1 Å². The molecule has 1 aromatic carbocycles. The number of Topliss-reactive ketones (excluding diaryl/α,β-unsaturated/α-hetero) is 1. The van der Waals surface area contributed by atoms with Gasteiger partial charge in [-0.15, -0.1) is 0 Å². The van der Waals surface area contributed by atoms with E-state index in [1.54, 1.807) is 14.2 Å². The molecule has 1 heterocycles. The van der Waals surface area contributed by atoms with E-state index in [0.717, 1.165) is 41.4 Å². The molecule has 0 unspecified atom stereocenters. The lowest BCUT2D eigenvalue weighted by molar-refractivity contribution is -0.120. The van der Waals surface area contributed by atoms with Gasteiger partial charge in [0.1, 0.15) is 11.5 Å². The molecule has 1 aromatic heterocycles. The number of nitrogens with zero attached hydrogens (tertiary/aromatic N) is 2. The maximum Gasteiger partial charge on any atom is 0.155 e. The second-order valence-corrected chi connectivity index (χ2v) is 9.12. The molecule has 0 bridgehead atoms. The zero-order valence-electron chi connectivity index (χ0n) is 19.4. The molecule has 0 amide bonds. The molecule has 1 aliphatic rings. The van der Waals surface area contributed by atoms with Crippen LogP contribution >= 0.6 is 0 Å². The van der Waals surface area contributed by atoms with Crippen LogP contribution in [0.2, 0.25) is 0 Å². The van der Waals surface area contributed by atoms with Gasteiger partial charge in [-0.3, -0.25) is 9.48 Å². The summed E-state index contributed by atoms with van der Waals surface area (Å²) in [6.45, 7) is 5.03. The highest BCUT2D eigenvalue weighted by atomic mass is 16.5. The van der Waals surface area contributed by atoms with E-state index in [4.69, 9.17) is 20.3 Å². The standard InChI is InChI=1S/C25H37N3O3/c1-17(2)16-28-21(25-23(30-3)11-8-12-24(25)31-4)14-19(27-28)15-22(29)20(26)13-18-9-6-5-7-10-18/h8,11-12,14,17-18,20H,5-7,9-10,13,15-16,26H2,1-4H3/t20-/m0/s1. The van der Waals surface area contributed by atoms with Gasteiger partial charge in [-0.2, -0.15) is 5.10 Å². The fraction of sp³-hybridized carbons (Fsp3) is 0.600. The predicted molar refractivity (Wildman–Crippen MR) is 123 cm³/mol. The quantitative estimate of drug-likeness (QED) is 0.598. The van der Waals surface area contributed by atoms with E-state index >= 15 is 0 Å². The normalized spacial score (nSPS) is 15.8. The van der Waals surface area contributed by atoms with Crippen molar-refractivity contribution in [1.29, 1.82) is 0 Å². The highest BCUT2D eigenvalue weighted by Crippen LogP contribution is 2.39. The Hall–Kier alpha value is -2.34. The highest BCUT2D eigenvalue weighted by Gasteiger charge is 2.24. The van der Waals surface area contributed by atoms with Crippen LogP contribution in [0.15, 0.2) is 24.3 Å². The number of aromatic nitrogens is 2. The fourth-order valence-corrected chi connectivity index (χ4v) is 4.57. The molecule has 6 nitrogen and oxygen atoms in total. The number of benzene rings is 1. The molecule has 1 aliphatic carbocycles. The zero-order valence-corrected chi connectivity index (χ0v) is 19.4. The van der Waals surface area contributed by atoms with Gasteiger partial charge in [0.2, 0.25) is 0 Å². The van der Waals surface area contributed by atoms with Crippen LogP contribution in [0.5, 0.6) is 11.5 Å². The minimum absolute atomic E-state index is 0.0679. The monoisotopic (exact) mass is 427 g/mol. The summed E-state index contributed by atoms with van der Waals surface area (Å²) in [5.41, 5.74) is 8.79. The Balaban J connectivity index is 1.84. The number of ketones is 1. The molecule has 2 aromatic rings. The lowest BCUT2D eigenvalue weighted by Crippen LogP contribution is -2.34. The van der Waals surface area contributed by atoms with E-state index in [9.17, 15) is 4.79 Å².